The van der Waals surface area contributed by atoms with Crippen LogP contribution in [0.1, 0.15) is 42.2 Å². The quantitative estimate of drug-likeness (QED) is 0.865. The smallest absolute Gasteiger partial charge is 0.125 e. The van der Waals surface area contributed by atoms with Crippen LogP contribution < -0.4 is 5.32 Å². The van der Waals surface area contributed by atoms with Crippen molar-refractivity contribution < 1.29 is 0 Å². The summed E-state index contributed by atoms with van der Waals surface area (Å²) in [5.41, 5.74) is 1.06. The molecular formula is C14H19N3S. The molecule has 0 aromatic carbocycles. The van der Waals surface area contributed by atoms with Crippen molar-refractivity contribution in [2.45, 2.75) is 39.3 Å². The standard InChI is InChI=1S/C14H19N3S/c1-3-5-13(14-6-4-9-18-14)16-10-12-7-8-15-11(2)17-12/h4,6-9,13,16H,3,5,10H2,1-2H3. The number of nitrogens with zero attached hydrogens (tertiary/aromatic N) is 2. The Labute approximate surface area is 112 Å². The van der Waals surface area contributed by atoms with Crippen LogP contribution in [0.5, 0.6) is 0 Å². The molecule has 1 atom stereocenters. The van der Waals surface area contributed by atoms with E-state index in [1.807, 2.05) is 30.5 Å². The van der Waals surface area contributed by atoms with E-state index in [2.05, 4.69) is 39.7 Å². The van der Waals surface area contributed by atoms with E-state index in [4.69, 9.17) is 0 Å². The summed E-state index contributed by atoms with van der Waals surface area (Å²) in [7, 11) is 0. The molecule has 1 unspecified atom stereocenters. The lowest BCUT2D eigenvalue weighted by Gasteiger charge is -2.16. The summed E-state index contributed by atoms with van der Waals surface area (Å²) in [5.74, 6) is 0.831. The molecule has 96 valence electrons. The third-order valence-corrected chi connectivity index (χ3v) is 3.81. The second-order valence-electron chi connectivity index (χ2n) is 4.33. The van der Waals surface area contributed by atoms with E-state index in [9.17, 15) is 0 Å². The van der Waals surface area contributed by atoms with Gasteiger partial charge >= 0.3 is 0 Å². The first kappa shape index (κ1) is 13.2. The Balaban J connectivity index is 1.98. The van der Waals surface area contributed by atoms with Gasteiger partial charge in [-0.25, -0.2) is 9.97 Å². The summed E-state index contributed by atoms with van der Waals surface area (Å²) < 4.78 is 0. The summed E-state index contributed by atoms with van der Waals surface area (Å²) in [6.07, 6.45) is 4.16. The Hall–Kier alpha value is -1.26. The number of aryl methyl sites for hydroxylation is 1. The first-order valence-corrected chi connectivity index (χ1v) is 7.23. The molecule has 0 amide bonds. The summed E-state index contributed by atoms with van der Waals surface area (Å²) in [6.45, 7) is 4.94. The molecule has 2 aromatic heterocycles. The minimum Gasteiger partial charge on any atom is -0.304 e. The van der Waals surface area contributed by atoms with Crippen LogP contribution >= 0.6 is 11.3 Å². The van der Waals surface area contributed by atoms with Crippen LogP contribution in [0.3, 0.4) is 0 Å². The van der Waals surface area contributed by atoms with Gasteiger partial charge in [0.2, 0.25) is 0 Å². The molecule has 0 aliphatic rings. The fourth-order valence-corrected chi connectivity index (χ4v) is 2.79. The minimum atomic E-state index is 0.435. The average Bonchev–Trinajstić information content (AvgIpc) is 2.88. The van der Waals surface area contributed by atoms with Gasteiger partial charge < -0.3 is 5.32 Å². The highest BCUT2D eigenvalue weighted by Crippen LogP contribution is 2.23. The van der Waals surface area contributed by atoms with Crippen molar-refractivity contribution in [1.82, 2.24) is 15.3 Å². The highest BCUT2D eigenvalue weighted by atomic mass is 32.1. The number of hydrogen-bond acceptors (Lipinski definition) is 4. The molecule has 0 saturated carbocycles. The first-order chi connectivity index (χ1) is 8.79. The van der Waals surface area contributed by atoms with Crippen LogP contribution in [0.4, 0.5) is 0 Å². The van der Waals surface area contributed by atoms with Gasteiger partial charge in [-0.3, -0.25) is 0 Å². The van der Waals surface area contributed by atoms with Crippen LogP contribution in [0, 0.1) is 6.92 Å². The molecule has 0 spiro atoms. The molecule has 2 aromatic rings. The monoisotopic (exact) mass is 261 g/mol. The molecule has 4 heteroatoms. The van der Waals surface area contributed by atoms with Crippen molar-refractivity contribution in [3.8, 4) is 0 Å². The molecule has 18 heavy (non-hydrogen) atoms. The fraction of sp³-hybridized carbons (Fsp3) is 0.429. The van der Waals surface area contributed by atoms with Crippen molar-refractivity contribution in [1.29, 1.82) is 0 Å². The highest BCUT2D eigenvalue weighted by Gasteiger charge is 2.11. The lowest BCUT2D eigenvalue weighted by molar-refractivity contribution is 0.496. The molecule has 2 rings (SSSR count). The maximum Gasteiger partial charge on any atom is 0.125 e. The second kappa shape index (κ2) is 6.61. The van der Waals surface area contributed by atoms with Gasteiger partial charge in [-0.2, -0.15) is 0 Å². The third kappa shape index (κ3) is 3.62. The topological polar surface area (TPSA) is 37.8 Å². The fourth-order valence-electron chi connectivity index (χ4n) is 1.95. The Bertz CT molecular complexity index is 468. The molecule has 0 aliphatic carbocycles. The lowest BCUT2D eigenvalue weighted by atomic mass is 10.1. The van der Waals surface area contributed by atoms with Gasteiger partial charge in [0.05, 0.1) is 5.69 Å². The molecule has 0 saturated heterocycles. The van der Waals surface area contributed by atoms with Gasteiger partial charge in [-0.05, 0) is 30.9 Å². The third-order valence-electron chi connectivity index (χ3n) is 2.83. The molecule has 1 N–H and O–H groups in total. The summed E-state index contributed by atoms with van der Waals surface area (Å²) in [6, 6.07) is 6.71. The molecule has 0 radical (unpaired) electrons. The molecule has 0 aliphatic heterocycles. The Morgan fingerprint density at radius 3 is 2.94 bits per heavy atom. The number of aromatic nitrogens is 2. The maximum atomic E-state index is 4.42. The molecule has 0 fully saturated rings. The largest absolute Gasteiger partial charge is 0.304 e. The first-order valence-electron chi connectivity index (χ1n) is 6.35. The summed E-state index contributed by atoms with van der Waals surface area (Å²) in [5, 5.41) is 5.72. The zero-order valence-corrected chi connectivity index (χ0v) is 11.7. The van der Waals surface area contributed by atoms with Crippen molar-refractivity contribution in [3.05, 3.63) is 46.2 Å². The predicted octanol–water partition coefficient (Wildman–Crippen LogP) is 3.48. The van der Waals surface area contributed by atoms with E-state index < -0.39 is 0 Å². The number of thiophene rings is 1. The zero-order chi connectivity index (χ0) is 12.8. The number of nitrogens with one attached hydrogen (secondary N) is 1. The molecule has 3 nitrogen and oxygen atoms in total. The van der Waals surface area contributed by atoms with Crippen LogP contribution in [0.15, 0.2) is 29.8 Å². The predicted molar refractivity (Wildman–Crippen MR) is 75.6 cm³/mol. The average molecular weight is 261 g/mol. The van der Waals surface area contributed by atoms with Crippen molar-refractivity contribution >= 4 is 11.3 Å². The Morgan fingerprint density at radius 1 is 1.39 bits per heavy atom. The van der Waals surface area contributed by atoms with Crippen LogP contribution in [-0.2, 0) is 6.54 Å². The minimum absolute atomic E-state index is 0.435. The van der Waals surface area contributed by atoms with E-state index in [1.54, 1.807) is 0 Å². The van der Waals surface area contributed by atoms with Crippen LogP contribution in [0.25, 0.3) is 0 Å². The number of hydrogen-bond donors (Lipinski definition) is 1. The molecule has 0 bridgehead atoms. The Morgan fingerprint density at radius 2 is 2.28 bits per heavy atom. The zero-order valence-electron chi connectivity index (χ0n) is 10.9. The normalized spacial score (nSPS) is 12.6. The van der Waals surface area contributed by atoms with E-state index in [0.717, 1.165) is 24.5 Å². The molecule has 2 heterocycles. The second-order valence-corrected chi connectivity index (χ2v) is 5.31. The lowest BCUT2D eigenvalue weighted by Crippen LogP contribution is -2.20. The van der Waals surface area contributed by atoms with Crippen molar-refractivity contribution in [3.63, 3.8) is 0 Å². The van der Waals surface area contributed by atoms with Gasteiger partial charge in [0.15, 0.2) is 0 Å². The van der Waals surface area contributed by atoms with Crippen molar-refractivity contribution in [2.24, 2.45) is 0 Å². The van der Waals surface area contributed by atoms with Crippen molar-refractivity contribution in [2.75, 3.05) is 0 Å². The van der Waals surface area contributed by atoms with Crippen LogP contribution in [-0.4, -0.2) is 9.97 Å². The summed E-state index contributed by atoms with van der Waals surface area (Å²) in [4.78, 5) is 9.94. The van der Waals surface area contributed by atoms with Gasteiger partial charge in [0, 0.05) is 23.7 Å². The van der Waals surface area contributed by atoms with E-state index in [0.29, 0.717) is 6.04 Å². The maximum absolute atomic E-state index is 4.42. The van der Waals surface area contributed by atoms with Crippen LogP contribution in [0.2, 0.25) is 0 Å². The SMILES string of the molecule is CCCC(NCc1ccnc(C)n1)c1cccs1. The Kier molecular flexibility index (Phi) is 4.84. The van der Waals surface area contributed by atoms with Gasteiger partial charge in [0.1, 0.15) is 5.82 Å². The van der Waals surface area contributed by atoms with E-state index in [-0.39, 0.29) is 0 Å². The van der Waals surface area contributed by atoms with E-state index in [1.165, 1.54) is 11.3 Å². The number of rotatable bonds is 6. The van der Waals surface area contributed by atoms with Gasteiger partial charge in [-0.1, -0.05) is 19.4 Å². The highest BCUT2D eigenvalue weighted by molar-refractivity contribution is 7.10. The van der Waals surface area contributed by atoms with E-state index >= 15 is 0 Å². The van der Waals surface area contributed by atoms with Gasteiger partial charge in [0.25, 0.3) is 0 Å². The summed E-state index contributed by atoms with van der Waals surface area (Å²) >= 11 is 1.81. The van der Waals surface area contributed by atoms with Gasteiger partial charge in [-0.15, -0.1) is 11.3 Å². The molecular weight excluding hydrogens is 242 g/mol.